The molecule has 1 aromatic carbocycles. The molecule has 0 aliphatic carbocycles. The zero-order valence-electron chi connectivity index (χ0n) is 11.6. The summed E-state index contributed by atoms with van der Waals surface area (Å²) in [5, 5.41) is 3.28. The van der Waals surface area contributed by atoms with Crippen molar-refractivity contribution in [2.75, 3.05) is 19.0 Å². The first-order chi connectivity index (χ1) is 9.26. The van der Waals surface area contributed by atoms with Gasteiger partial charge in [0.1, 0.15) is 12.4 Å². The lowest BCUT2D eigenvalue weighted by atomic mass is 10.1. The number of methoxy groups -OCH3 is 1. The first-order valence-corrected chi connectivity index (χ1v) is 6.42. The van der Waals surface area contributed by atoms with Gasteiger partial charge in [0.15, 0.2) is 5.82 Å². The van der Waals surface area contributed by atoms with Gasteiger partial charge in [0.05, 0.1) is 5.69 Å². The number of ether oxygens (including phenoxy) is 1. The summed E-state index contributed by atoms with van der Waals surface area (Å²) >= 11 is 0. The fourth-order valence-corrected chi connectivity index (χ4v) is 1.97. The third kappa shape index (κ3) is 3.09. The fraction of sp³-hybridized carbons (Fsp3) is 0.333. The highest BCUT2D eigenvalue weighted by atomic mass is 16.5. The van der Waals surface area contributed by atoms with Crippen molar-refractivity contribution in [1.29, 1.82) is 0 Å². The molecule has 1 heterocycles. The molecule has 0 spiro atoms. The van der Waals surface area contributed by atoms with Crippen LogP contribution in [0.5, 0.6) is 0 Å². The predicted molar refractivity (Wildman–Crippen MR) is 77.1 cm³/mol. The lowest BCUT2D eigenvalue weighted by Crippen LogP contribution is -2.08. The summed E-state index contributed by atoms with van der Waals surface area (Å²) in [5.74, 6) is 1.58. The number of benzene rings is 1. The maximum Gasteiger partial charge on any atom is 0.157 e. The van der Waals surface area contributed by atoms with Crippen molar-refractivity contribution in [3.63, 3.8) is 0 Å². The number of hydrogen-bond acceptors (Lipinski definition) is 4. The minimum Gasteiger partial charge on any atom is -0.377 e. The van der Waals surface area contributed by atoms with Crippen LogP contribution >= 0.6 is 0 Å². The van der Waals surface area contributed by atoms with Crippen LogP contribution in [0.4, 0.5) is 5.82 Å². The van der Waals surface area contributed by atoms with Gasteiger partial charge in [0.2, 0.25) is 0 Å². The average molecular weight is 257 g/mol. The van der Waals surface area contributed by atoms with Crippen LogP contribution in [0, 0.1) is 6.92 Å². The van der Waals surface area contributed by atoms with Crippen molar-refractivity contribution in [2.45, 2.75) is 20.5 Å². The number of hydrogen-bond donors (Lipinski definition) is 1. The van der Waals surface area contributed by atoms with E-state index in [2.05, 4.69) is 34.3 Å². The zero-order chi connectivity index (χ0) is 13.7. The molecule has 1 aromatic heterocycles. The molecule has 1 N–H and O–H groups in total. The topological polar surface area (TPSA) is 47.0 Å². The number of nitrogens with one attached hydrogen (secondary N) is 1. The Morgan fingerprint density at radius 2 is 1.89 bits per heavy atom. The second-order valence-electron chi connectivity index (χ2n) is 4.29. The monoisotopic (exact) mass is 257 g/mol. The average Bonchev–Trinajstić information content (AvgIpc) is 2.44. The molecule has 0 bridgehead atoms. The second kappa shape index (κ2) is 6.29. The molecule has 0 amide bonds. The Hall–Kier alpha value is -1.94. The third-order valence-electron chi connectivity index (χ3n) is 2.86. The van der Waals surface area contributed by atoms with E-state index >= 15 is 0 Å². The van der Waals surface area contributed by atoms with Gasteiger partial charge in [-0.15, -0.1) is 0 Å². The van der Waals surface area contributed by atoms with Gasteiger partial charge in [-0.05, 0) is 13.8 Å². The Bertz CT molecular complexity index is 541. The molecule has 100 valence electrons. The molecule has 0 atom stereocenters. The molecule has 2 rings (SSSR count). The summed E-state index contributed by atoms with van der Waals surface area (Å²) in [5.41, 5.74) is 3.12. The van der Waals surface area contributed by atoms with Gasteiger partial charge in [-0.2, -0.15) is 0 Å². The number of aromatic nitrogens is 2. The van der Waals surface area contributed by atoms with E-state index in [0.717, 1.165) is 29.2 Å². The lowest BCUT2D eigenvalue weighted by molar-refractivity contribution is 0.178. The third-order valence-corrected chi connectivity index (χ3v) is 2.86. The highest BCUT2D eigenvalue weighted by molar-refractivity contribution is 5.68. The lowest BCUT2D eigenvalue weighted by Gasteiger charge is -2.13. The van der Waals surface area contributed by atoms with Crippen LogP contribution in [0.25, 0.3) is 11.3 Å². The quantitative estimate of drug-likeness (QED) is 0.894. The molecule has 0 fully saturated rings. The summed E-state index contributed by atoms with van der Waals surface area (Å²) in [6.07, 6.45) is 0. The molecule has 0 aliphatic rings. The predicted octanol–water partition coefficient (Wildman–Crippen LogP) is 3.03. The Labute approximate surface area is 113 Å². The van der Waals surface area contributed by atoms with Crippen LogP contribution in [0.2, 0.25) is 0 Å². The molecule has 19 heavy (non-hydrogen) atoms. The molecule has 0 saturated carbocycles. The number of nitrogens with zero attached hydrogens (tertiary/aromatic N) is 2. The minimum atomic E-state index is 0.415. The summed E-state index contributed by atoms with van der Waals surface area (Å²) in [4.78, 5) is 9.09. The summed E-state index contributed by atoms with van der Waals surface area (Å²) < 4.78 is 5.14. The van der Waals surface area contributed by atoms with Gasteiger partial charge in [0, 0.05) is 24.8 Å². The van der Waals surface area contributed by atoms with Crippen LogP contribution in [-0.4, -0.2) is 23.6 Å². The van der Waals surface area contributed by atoms with Crippen molar-refractivity contribution in [3.8, 4) is 11.3 Å². The number of rotatable bonds is 5. The standard InChI is InChI=1S/C15H19N3O/c1-4-16-15-11(2)14(12-8-6-5-7-9-12)17-13(18-15)10-19-3/h5-9H,4,10H2,1-3H3,(H,16,17,18). The van der Waals surface area contributed by atoms with Gasteiger partial charge in [-0.3, -0.25) is 0 Å². The van der Waals surface area contributed by atoms with Gasteiger partial charge < -0.3 is 10.1 Å². The highest BCUT2D eigenvalue weighted by Crippen LogP contribution is 2.25. The van der Waals surface area contributed by atoms with E-state index in [0.29, 0.717) is 12.4 Å². The Morgan fingerprint density at radius 3 is 2.53 bits per heavy atom. The molecule has 4 heteroatoms. The summed E-state index contributed by atoms with van der Waals surface area (Å²) in [6, 6.07) is 10.1. The maximum atomic E-state index is 5.14. The van der Waals surface area contributed by atoms with Gasteiger partial charge in [0.25, 0.3) is 0 Å². The van der Waals surface area contributed by atoms with E-state index in [4.69, 9.17) is 4.74 Å². The van der Waals surface area contributed by atoms with Gasteiger partial charge >= 0.3 is 0 Å². The normalized spacial score (nSPS) is 10.5. The molecule has 2 aromatic rings. The van der Waals surface area contributed by atoms with E-state index in [9.17, 15) is 0 Å². The Balaban J connectivity index is 2.52. The largest absolute Gasteiger partial charge is 0.377 e. The van der Waals surface area contributed by atoms with E-state index in [1.54, 1.807) is 7.11 Å². The molecule has 0 aliphatic heterocycles. The summed E-state index contributed by atoms with van der Waals surface area (Å²) in [7, 11) is 1.65. The van der Waals surface area contributed by atoms with Crippen LogP contribution in [0.15, 0.2) is 30.3 Å². The molecular formula is C15H19N3O. The maximum absolute atomic E-state index is 5.14. The van der Waals surface area contributed by atoms with Crippen LogP contribution in [0.3, 0.4) is 0 Å². The molecule has 0 unspecified atom stereocenters. The van der Waals surface area contributed by atoms with E-state index in [-0.39, 0.29) is 0 Å². The molecular weight excluding hydrogens is 238 g/mol. The summed E-state index contributed by atoms with van der Waals surface area (Å²) in [6.45, 7) is 5.34. The Morgan fingerprint density at radius 1 is 1.16 bits per heavy atom. The molecule has 4 nitrogen and oxygen atoms in total. The molecule has 0 radical (unpaired) electrons. The van der Waals surface area contributed by atoms with Crippen molar-refractivity contribution in [2.24, 2.45) is 0 Å². The van der Waals surface area contributed by atoms with Crippen LogP contribution in [0.1, 0.15) is 18.3 Å². The SMILES string of the molecule is CCNc1nc(COC)nc(-c2ccccc2)c1C. The van der Waals surface area contributed by atoms with E-state index in [1.807, 2.05) is 25.1 Å². The van der Waals surface area contributed by atoms with Crippen molar-refractivity contribution in [3.05, 3.63) is 41.7 Å². The first kappa shape index (κ1) is 13.5. The van der Waals surface area contributed by atoms with Crippen LogP contribution in [-0.2, 0) is 11.3 Å². The van der Waals surface area contributed by atoms with Crippen molar-refractivity contribution in [1.82, 2.24) is 9.97 Å². The molecule has 0 saturated heterocycles. The minimum absolute atomic E-state index is 0.415. The zero-order valence-corrected chi connectivity index (χ0v) is 11.6. The fourth-order valence-electron chi connectivity index (χ4n) is 1.97. The smallest absolute Gasteiger partial charge is 0.157 e. The second-order valence-corrected chi connectivity index (χ2v) is 4.29. The van der Waals surface area contributed by atoms with E-state index < -0.39 is 0 Å². The van der Waals surface area contributed by atoms with Gasteiger partial charge in [-0.1, -0.05) is 30.3 Å². The highest BCUT2D eigenvalue weighted by Gasteiger charge is 2.11. The van der Waals surface area contributed by atoms with Crippen LogP contribution < -0.4 is 5.32 Å². The van der Waals surface area contributed by atoms with E-state index in [1.165, 1.54) is 0 Å². The first-order valence-electron chi connectivity index (χ1n) is 6.42. The van der Waals surface area contributed by atoms with Gasteiger partial charge in [-0.25, -0.2) is 9.97 Å². The van der Waals surface area contributed by atoms with Crippen molar-refractivity contribution < 1.29 is 4.74 Å². The Kier molecular flexibility index (Phi) is 4.47. The van der Waals surface area contributed by atoms with Crippen molar-refractivity contribution >= 4 is 5.82 Å². The number of anilines is 1.